The van der Waals surface area contributed by atoms with E-state index >= 15 is 0 Å². The van der Waals surface area contributed by atoms with Crippen LogP contribution in [-0.4, -0.2) is 0 Å². The molecule has 2 N–H and O–H groups in total. The molecule has 2 rings (SSSR count). The number of anilines is 1. The van der Waals surface area contributed by atoms with Gasteiger partial charge in [-0.3, -0.25) is 0 Å². The standard InChI is InChI=1S/C11H12BrNS/c1-2-9-11(13)8-4-3-7(6-12)5-10(8)14-9/h3-5H,2,6,13H2,1H3. The van der Waals surface area contributed by atoms with Gasteiger partial charge >= 0.3 is 0 Å². The van der Waals surface area contributed by atoms with Gasteiger partial charge in [-0.25, -0.2) is 0 Å². The van der Waals surface area contributed by atoms with Gasteiger partial charge in [0.1, 0.15) is 0 Å². The molecule has 1 heterocycles. The van der Waals surface area contributed by atoms with E-state index in [1.165, 1.54) is 20.5 Å². The summed E-state index contributed by atoms with van der Waals surface area (Å²) < 4.78 is 1.30. The molecule has 0 unspecified atom stereocenters. The topological polar surface area (TPSA) is 26.0 Å². The number of rotatable bonds is 2. The predicted molar refractivity (Wildman–Crippen MR) is 68.2 cm³/mol. The number of hydrogen-bond donors (Lipinski definition) is 1. The Hall–Kier alpha value is -0.540. The van der Waals surface area contributed by atoms with Gasteiger partial charge in [-0.1, -0.05) is 35.0 Å². The third-order valence-corrected chi connectivity index (χ3v) is 4.31. The molecular weight excluding hydrogens is 258 g/mol. The van der Waals surface area contributed by atoms with E-state index in [1.54, 1.807) is 0 Å². The van der Waals surface area contributed by atoms with Gasteiger partial charge in [-0.2, -0.15) is 0 Å². The molecule has 14 heavy (non-hydrogen) atoms. The summed E-state index contributed by atoms with van der Waals surface area (Å²) in [6.45, 7) is 2.15. The summed E-state index contributed by atoms with van der Waals surface area (Å²) in [4.78, 5) is 1.30. The maximum Gasteiger partial charge on any atom is 0.0535 e. The molecule has 0 atom stereocenters. The number of fused-ring (bicyclic) bond motifs is 1. The van der Waals surface area contributed by atoms with Crippen molar-refractivity contribution in [3.05, 3.63) is 28.6 Å². The first-order valence-corrected chi connectivity index (χ1v) is 6.55. The van der Waals surface area contributed by atoms with Crippen LogP contribution >= 0.6 is 27.3 Å². The van der Waals surface area contributed by atoms with Gasteiger partial charge in [0.2, 0.25) is 0 Å². The van der Waals surface area contributed by atoms with Crippen LogP contribution in [0.25, 0.3) is 10.1 Å². The Morgan fingerprint density at radius 3 is 2.86 bits per heavy atom. The first kappa shape index (κ1) is 9.99. The Balaban J connectivity index is 2.66. The van der Waals surface area contributed by atoms with Gasteiger partial charge in [0, 0.05) is 20.3 Å². The van der Waals surface area contributed by atoms with E-state index in [4.69, 9.17) is 5.73 Å². The number of benzene rings is 1. The Kier molecular flexibility index (Phi) is 2.79. The summed E-state index contributed by atoms with van der Waals surface area (Å²) in [5, 5.41) is 2.11. The van der Waals surface area contributed by atoms with E-state index in [2.05, 4.69) is 41.1 Å². The lowest BCUT2D eigenvalue weighted by atomic mass is 10.1. The van der Waals surface area contributed by atoms with Crippen LogP contribution in [0.3, 0.4) is 0 Å². The summed E-state index contributed by atoms with van der Waals surface area (Å²) in [7, 11) is 0. The van der Waals surface area contributed by atoms with Crippen molar-refractivity contribution in [1.29, 1.82) is 0 Å². The zero-order chi connectivity index (χ0) is 10.1. The van der Waals surface area contributed by atoms with Crippen molar-refractivity contribution in [3.8, 4) is 0 Å². The molecule has 0 fully saturated rings. The highest BCUT2D eigenvalue weighted by Crippen LogP contribution is 2.34. The van der Waals surface area contributed by atoms with Crippen molar-refractivity contribution in [1.82, 2.24) is 0 Å². The predicted octanol–water partition coefficient (Wildman–Crippen LogP) is 3.94. The fourth-order valence-corrected chi connectivity index (χ4v) is 3.03. The lowest BCUT2D eigenvalue weighted by Crippen LogP contribution is -1.86. The number of hydrogen-bond acceptors (Lipinski definition) is 2. The zero-order valence-electron chi connectivity index (χ0n) is 8.01. The second-order valence-corrected chi connectivity index (χ2v) is 4.95. The molecular formula is C11H12BrNS. The lowest BCUT2D eigenvalue weighted by molar-refractivity contribution is 1.19. The second kappa shape index (κ2) is 3.91. The Bertz CT molecular complexity index is 462. The van der Waals surface area contributed by atoms with E-state index in [9.17, 15) is 0 Å². The van der Waals surface area contributed by atoms with Crippen LogP contribution in [0, 0.1) is 0 Å². The van der Waals surface area contributed by atoms with Crippen molar-refractivity contribution in [2.45, 2.75) is 18.7 Å². The van der Waals surface area contributed by atoms with E-state index in [-0.39, 0.29) is 0 Å². The molecule has 0 aliphatic carbocycles. The molecule has 0 saturated carbocycles. The fourth-order valence-electron chi connectivity index (χ4n) is 1.56. The van der Waals surface area contributed by atoms with Crippen LogP contribution in [0.5, 0.6) is 0 Å². The Morgan fingerprint density at radius 1 is 1.43 bits per heavy atom. The fraction of sp³-hybridized carbons (Fsp3) is 0.273. The molecule has 74 valence electrons. The first-order valence-electron chi connectivity index (χ1n) is 4.62. The number of alkyl halides is 1. The van der Waals surface area contributed by atoms with E-state index in [1.807, 2.05) is 11.3 Å². The van der Waals surface area contributed by atoms with Crippen LogP contribution in [0.2, 0.25) is 0 Å². The highest BCUT2D eigenvalue weighted by molar-refractivity contribution is 9.08. The number of thiophene rings is 1. The molecule has 0 bridgehead atoms. The molecule has 0 spiro atoms. The summed E-state index contributed by atoms with van der Waals surface area (Å²) in [6, 6.07) is 6.46. The molecule has 0 aliphatic heterocycles. The second-order valence-electron chi connectivity index (χ2n) is 3.26. The molecule has 1 nitrogen and oxygen atoms in total. The lowest BCUT2D eigenvalue weighted by Gasteiger charge is -1.95. The third kappa shape index (κ3) is 1.55. The minimum Gasteiger partial charge on any atom is -0.397 e. The normalized spacial score (nSPS) is 11.0. The number of aryl methyl sites for hydroxylation is 1. The van der Waals surface area contributed by atoms with Crippen molar-refractivity contribution >= 4 is 43.0 Å². The van der Waals surface area contributed by atoms with Crippen LogP contribution < -0.4 is 5.73 Å². The Morgan fingerprint density at radius 2 is 2.21 bits per heavy atom. The first-order chi connectivity index (χ1) is 6.76. The molecule has 2 aromatic rings. The average Bonchev–Trinajstić information content (AvgIpc) is 2.55. The molecule has 0 amide bonds. The minimum absolute atomic E-state index is 0.905. The molecule has 0 radical (unpaired) electrons. The maximum absolute atomic E-state index is 6.04. The van der Waals surface area contributed by atoms with Gasteiger partial charge < -0.3 is 5.73 Å². The smallest absolute Gasteiger partial charge is 0.0535 e. The highest BCUT2D eigenvalue weighted by Gasteiger charge is 2.07. The molecule has 0 aliphatic rings. The van der Waals surface area contributed by atoms with Gasteiger partial charge in [0.25, 0.3) is 0 Å². The number of nitrogens with two attached hydrogens (primary N) is 1. The van der Waals surface area contributed by atoms with E-state index < -0.39 is 0 Å². The summed E-state index contributed by atoms with van der Waals surface area (Å²) in [5.41, 5.74) is 8.31. The minimum atomic E-state index is 0.905. The molecule has 0 saturated heterocycles. The highest BCUT2D eigenvalue weighted by atomic mass is 79.9. The number of nitrogen functional groups attached to an aromatic ring is 1. The summed E-state index contributed by atoms with van der Waals surface area (Å²) >= 11 is 5.27. The Labute approximate surface area is 96.1 Å². The van der Waals surface area contributed by atoms with Crippen molar-refractivity contribution in [2.24, 2.45) is 0 Å². The van der Waals surface area contributed by atoms with E-state index in [0.29, 0.717) is 0 Å². The van der Waals surface area contributed by atoms with Crippen molar-refractivity contribution in [2.75, 3.05) is 5.73 Å². The molecule has 1 aromatic heterocycles. The summed E-state index contributed by atoms with van der Waals surface area (Å²) in [5.74, 6) is 0. The third-order valence-electron chi connectivity index (χ3n) is 2.35. The SMILES string of the molecule is CCc1sc2cc(CBr)ccc2c1N. The van der Waals surface area contributed by atoms with Crippen LogP contribution in [0.15, 0.2) is 18.2 Å². The molecule has 1 aromatic carbocycles. The van der Waals surface area contributed by atoms with Gasteiger partial charge in [0.15, 0.2) is 0 Å². The monoisotopic (exact) mass is 269 g/mol. The molecule has 3 heteroatoms. The maximum atomic E-state index is 6.04. The zero-order valence-corrected chi connectivity index (χ0v) is 10.4. The average molecular weight is 270 g/mol. The van der Waals surface area contributed by atoms with Crippen molar-refractivity contribution in [3.63, 3.8) is 0 Å². The van der Waals surface area contributed by atoms with Crippen LogP contribution in [0.4, 0.5) is 5.69 Å². The van der Waals surface area contributed by atoms with Gasteiger partial charge in [0.05, 0.1) is 5.69 Å². The van der Waals surface area contributed by atoms with Crippen LogP contribution in [0.1, 0.15) is 17.4 Å². The van der Waals surface area contributed by atoms with Gasteiger partial charge in [-0.15, -0.1) is 11.3 Å². The summed E-state index contributed by atoms with van der Waals surface area (Å²) in [6.07, 6.45) is 1.02. The van der Waals surface area contributed by atoms with Gasteiger partial charge in [-0.05, 0) is 18.1 Å². The van der Waals surface area contributed by atoms with Crippen molar-refractivity contribution < 1.29 is 0 Å². The largest absolute Gasteiger partial charge is 0.397 e. The van der Waals surface area contributed by atoms with E-state index in [0.717, 1.165) is 17.4 Å². The number of halogens is 1. The quantitative estimate of drug-likeness (QED) is 0.822. The van der Waals surface area contributed by atoms with Crippen LogP contribution in [-0.2, 0) is 11.8 Å².